The summed E-state index contributed by atoms with van der Waals surface area (Å²) in [5.74, 6) is 1.51. The van der Waals surface area contributed by atoms with Crippen LogP contribution in [0.3, 0.4) is 0 Å². The molecule has 1 amide bonds. The Morgan fingerprint density at radius 2 is 1.84 bits per heavy atom. The molecule has 4 aromatic rings. The Morgan fingerprint density at radius 3 is 2.61 bits per heavy atom. The lowest BCUT2D eigenvalue weighted by atomic mass is 10.1. The number of carbonyl (C=O) groups is 1. The standard InChI is InChI=1S/C24H23N3O4/c1-16-7-8-17(12-21(16)30-3)24(28)26-18-9-10-20(29-2)22(13-18)31-15-19-14-27-11-5-4-6-23(27)25-19/h4-14H,15H2,1-3H3,(H,26,28). The SMILES string of the molecule is COc1cc(C(=O)Nc2ccc(OC)c(OCc3cn4ccccc4n3)c2)ccc1C. The van der Waals surface area contributed by atoms with Crippen molar-refractivity contribution in [3.05, 3.63) is 83.8 Å². The molecule has 158 valence electrons. The molecule has 0 saturated carbocycles. The van der Waals surface area contributed by atoms with Crippen LogP contribution in [0, 0.1) is 6.92 Å². The van der Waals surface area contributed by atoms with Gasteiger partial charge in [0, 0.05) is 29.7 Å². The predicted molar refractivity (Wildman–Crippen MR) is 118 cm³/mol. The first-order chi connectivity index (χ1) is 15.1. The second-order valence-electron chi connectivity index (χ2n) is 6.99. The number of hydrogen-bond acceptors (Lipinski definition) is 5. The highest BCUT2D eigenvalue weighted by Gasteiger charge is 2.12. The van der Waals surface area contributed by atoms with E-state index in [1.54, 1.807) is 44.6 Å². The Morgan fingerprint density at radius 1 is 1.00 bits per heavy atom. The van der Waals surface area contributed by atoms with E-state index in [1.807, 2.05) is 48.0 Å². The van der Waals surface area contributed by atoms with Gasteiger partial charge in [0.15, 0.2) is 11.5 Å². The summed E-state index contributed by atoms with van der Waals surface area (Å²) in [6, 6.07) is 16.4. The van der Waals surface area contributed by atoms with Gasteiger partial charge in [-0.15, -0.1) is 0 Å². The Kier molecular flexibility index (Phi) is 5.75. The number of benzene rings is 2. The zero-order valence-electron chi connectivity index (χ0n) is 17.6. The maximum Gasteiger partial charge on any atom is 0.255 e. The fourth-order valence-corrected chi connectivity index (χ4v) is 3.24. The summed E-state index contributed by atoms with van der Waals surface area (Å²) in [6.45, 7) is 2.20. The minimum atomic E-state index is -0.241. The average Bonchev–Trinajstić information content (AvgIpc) is 3.21. The van der Waals surface area contributed by atoms with E-state index in [-0.39, 0.29) is 12.5 Å². The molecule has 7 heteroatoms. The molecule has 0 spiro atoms. The van der Waals surface area contributed by atoms with Crippen molar-refractivity contribution in [1.29, 1.82) is 0 Å². The first kappa shape index (κ1) is 20.3. The van der Waals surface area contributed by atoms with Gasteiger partial charge in [0.2, 0.25) is 0 Å². The molecule has 7 nitrogen and oxygen atoms in total. The smallest absolute Gasteiger partial charge is 0.255 e. The van der Waals surface area contributed by atoms with E-state index in [2.05, 4.69) is 10.3 Å². The highest BCUT2D eigenvalue weighted by Crippen LogP contribution is 2.31. The molecule has 0 aliphatic rings. The van der Waals surface area contributed by atoms with E-state index >= 15 is 0 Å². The van der Waals surface area contributed by atoms with Gasteiger partial charge in [-0.2, -0.15) is 0 Å². The Hall–Kier alpha value is -4.00. The number of aromatic nitrogens is 2. The molecule has 31 heavy (non-hydrogen) atoms. The van der Waals surface area contributed by atoms with Gasteiger partial charge in [0.05, 0.1) is 19.9 Å². The van der Waals surface area contributed by atoms with Gasteiger partial charge in [0.1, 0.15) is 18.0 Å². The maximum atomic E-state index is 12.7. The third kappa shape index (κ3) is 4.45. The number of hydrogen-bond donors (Lipinski definition) is 1. The zero-order chi connectivity index (χ0) is 21.8. The monoisotopic (exact) mass is 417 g/mol. The Labute approximate surface area is 180 Å². The number of fused-ring (bicyclic) bond motifs is 1. The summed E-state index contributed by atoms with van der Waals surface area (Å²) in [4.78, 5) is 17.2. The van der Waals surface area contributed by atoms with Gasteiger partial charge in [0.25, 0.3) is 5.91 Å². The number of anilines is 1. The van der Waals surface area contributed by atoms with Crippen molar-refractivity contribution in [2.45, 2.75) is 13.5 Å². The summed E-state index contributed by atoms with van der Waals surface area (Å²) in [5, 5.41) is 2.89. The van der Waals surface area contributed by atoms with Crippen LogP contribution in [-0.4, -0.2) is 29.5 Å². The third-order valence-electron chi connectivity index (χ3n) is 4.88. The largest absolute Gasteiger partial charge is 0.496 e. The minimum Gasteiger partial charge on any atom is -0.496 e. The lowest BCUT2D eigenvalue weighted by molar-refractivity contribution is 0.102. The predicted octanol–water partition coefficient (Wildman–Crippen LogP) is 4.49. The molecule has 1 N–H and O–H groups in total. The van der Waals surface area contributed by atoms with Crippen molar-refractivity contribution in [3.63, 3.8) is 0 Å². The van der Waals surface area contributed by atoms with Gasteiger partial charge in [-0.3, -0.25) is 4.79 Å². The molecule has 2 aromatic heterocycles. The molecule has 0 radical (unpaired) electrons. The Balaban J connectivity index is 1.50. The van der Waals surface area contributed by atoms with Gasteiger partial charge >= 0.3 is 0 Å². The lowest BCUT2D eigenvalue weighted by Gasteiger charge is -2.13. The van der Waals surface area contributed by atoms with Crippen molar-refractivity contribution in [1.82, 2.24) is 9.38 Å². The number of methoxy groups -OCH3 is 2. The van der Waals surface area contributed by atoms with Gasteiger partial charge in [-0.1, -0.05) is 12.1 Å². The fraction of sp³-hybridized carbons (Fsp3) is 0.167. The number of nitrogens with zero attached hydrogens (tertiary/aromatic N) is 2. The quantitative estimate of drug-likeness (QED) is 0.480. The number of pyridine rings is 1. The zero-order valence-corrected chi connectivity index (χ0v) is 17.6. The van der Waals surface area contributed by atoms with E-state index < -0.39 is 0 Å². The number of nitrogens with one attached hydrogen (secondary N) is 1. The topological polar surface area (TPSA) is 74.1 Å². The van der Waals surface area contributed by atoms with Crippen LogP contribution in [0.2, 0.25) is 0 Å². The van der Waals surface area contributed by atoms with Crippen molar-refractivity contribution < 1.29 is 19.0 Å². The molecular formula is C24H23N3O4. The molecule has 0 aliphatic heterocycles. The van der Waals surface area contributed by atoms with Crippen LogP contribution in [0.4, 0.5) is 5.69 Å². The van der Waals surface area contributed by atoms with Crippen LogP contribution < -0.4 is 19.5 Å². The highest BCUT2D eigenvalue weighted by atomic mass is 16.5. The van der Waals surface area contributed by atoms with Gasteiger partial charge < -0.3 is 23.9 Å². The van der Waals surface area contributed by atoms with Crippen LogP contribution in [0.1, 0.15) is 21.6 Å². The normalized spacial score (nSPS) is 10.7. The van der Waals surface area contributed by atoms with Gasteiger partial charge in [-0.25, -0.2) is 4.98 Å². The van der Waals surface area contributed by atoms with Crippen LogP contribution >= 0.6 is 0 Å². The number of imidazole rings is 1. The first-order valence-corrected chi connectivity index (χ1v) is 9.77. The molecule has 2 heterocycles. The summed E-state index contributed by atoms with van der Waals surface area (Å²) >= 11 is 0. The average molecular weight is 417 g/mol. The van der Waals surface area contributed by atoms with E-state index in [0.29, 0.717) is 28.5 Å². The van der Waals surface area contributed by atoms with Crippen molar-refractivity contribution in [2.75, 3.05) is 19.5 Å². The number of aryl methyl sites for hydroxylation is 1. The van der Waals surface area contributed by atoms with Crippen molar-refractivity contribution >= 4 is 17.2 Å². The highest BCUT2D eigenvalue weighted by molar-refractivity contribution is 6.04. The molecular weight excluding hydrogens is 394 g/mol. The molecule has 0 atom stereocenters. The van der Waals surface area contributed by atoms with Crippen LogP contribution in [0.25, 0.3) is 5.65 Å². The molecule has 0 bridgehead atoms. The summed E-state index contributed by atoms with van der Waals surface area (Å²) < 4.78 is 18.6. The number of carbonyl (C=O) groups excluding carboxylic acids is 1. The summed E-state index contributed by atoms with van der Waals surface area (Å²) in [7, 11) is 3.16. The second-order valence-corrected chi connectivity index (χ2v) is 6.99. The van der Waals surface area contributed by atoms with Crippen molar-refractivity contribution in [3.8, 4) is 17.2 Å². The fourth-order valence-electron chi connectivity index (χ4n) is 3.24. The second kappa shape index (κ2) is 8.79. The number of amides is 1. The molecule has 4 rings (SSSR count). The van der Waals surface area contributed by atoms with Gasteiger partial charge in [-0.05, 0) is 48.9 Å². The van der Waals surface area contributed by atoms with Crippen molar-refractivity contribution in [2.24, 2.45) is 0 Å². The van der Waals surface area contributed by atoms with Crippen LogP contribution in [0.15, 0.2) is 67.0 Å². The van der Waals surface area contributed by atoms with Crippen LogP contribution in [0.5, 0.6) is 17.2 Å². The van der Waals surface area contributed by atoms with E-state index in [1.165, 1.54) is 0 Å². The van der Waals surface area contributed by atoms with Crippen LogP contribution in [-0.2, 0) is 6.61 Å². The molecule has 0 aliphatic carbocycles. The molecule has 0 fully saturated rings. The molecule has 0 unspecified atom stereocenters. The molecule has 2 aromatic carbocycles. The lowest BCUT2D eigenvalue weighted by Crippen LogP contribution is -2.12. The summed E-state index contributed by atoms with van der Waals surface area (Å²) in [5.41, 5.74) is 3.70. The Bertz CT molecular complexity index is 1200. The van der Waals surface area contributed by atoms with E-state index in [9.17, 15) is 4.79 Å². The first-order valence-electron chi connectivity index (χ1n) is 9.77. The minimum absolute atomic E-state index is 0.241. The van der Waals surface area contributed by atoms with E-state index in [0.717, 1.165) is 16.9 Å². The number of ether oxygens (including phenoxy) is 3. The number of rotatable bonds is 7. The third-order valence-corrected chi connectivity index (χ3v) is 4.88. The van der Waals surface area contributed by atoms with E-state index in [4.69, 9.17) is 14.2 Å². The maximum absolute atomic E-state index is 12.7. The summed E-state index contributed by atoms with van der Waals surface area (Å²) in [6.07, 6.45) is 3.85. The molecule has 0 saturated heterocycles.